The largest absolute Gasteiger partial charge is 0.488 e. The van der Waals surface area contributed by atoms with Crippen LogP contribution in [0.25, 0.3) is 32.7 Å². The Bertz CT molecular complexity index is 3540. The van der Waals surface area contributed by atoms with Gasteiger partial charge in [0.2, 0.25) is 11.8 Å². The van der Waals surface area contributed by atoms with Crippen molar-refractivity contribution >= 4 is 109 Å². The third-order valence-electron chi connectivity index (χ3n) is 14.3. The molecule has 4 aliphatic rings. The van der Waals surface area contributed by atoms with Crippen LogP contribution < -0.4 is 15.3 Å². The van der Waals surface area contributed by atoms with Crippen molar-refractivity contribution in [2.45, 2.75) is 36.8 Å². The van der Waals surface area contributed by atoms with Crippen LogP contribution in [0.2, 0.25) is 10.0 Å². The van der Waals surface area contributed by atoms with E-state index in [1.165, 1.54) is 31.5 Å². The van der Waals surface area contributed by atoms with Gasteiger partial charge < -0.3 is 39.1 Å². The van der Waals surface area contributed by atoms with Gasteiger partial charge in [0.1, 0.15) is 5.41 Å². The average Bonchev–Trinajstić information content (AvgIpc) is 3.83. The van der Waals surface area contributed by atoms with E-state index in [9.17, 15) is 19.2 Å². The van der Waals surface area contributed by atoms with E-state index in [2.05, 4.69) is 40.8 Å². The lowest BCUT2D eigenvalue weighted by Gasteiger charge is -2.45. The lowest BCUT2D eigenvalue weighted by molar-refractivity contribution is -0.128. The van der Waals surface area contributed by atoms with Gasteiger partial charge in [-0.1, -0.05) is 35.3 Å². The molecule has 0 saturated carbocycles. The maximum absolute atomic E-state index is 13.8. The quantitative estimate of drug-likeness (QED) is 0.153. The predicted octanol–water partition coefficient (Wildman–Crippen LogP) is 7.67. The average molecular weight is 1120 g/mol. The van der Waals surface area contributed by atoms with E-state index < -0.39 is 24.0 Å². The Hall–Kier alpha value is -7.62. The van der Waals surface area contributed by atoms with E-state index in [-0.39, 0.29) is 37.5 Å². The zero-order valence-corrected chi connectivity index (χ0v) is 44.0. The fourth-order valence-corrected chi connectivity index (χ4v) is 11.4. The van der Waals surface area contributed by atoms with E-state index in [0.717, 1.165) is 71.0 Å². The summed E-state index contributed by atoms with van der Waals surface area (Å²) >= 11 is 16.0. The van der Waals surface area contributed by atoms with Gasteiger partial charge in [-0.3, -0.25) is 39.5 Å². The summed E-state index contributed by atoms with van der Waals surface area (Å²) in [6, 6.07) is 22.1. The molecule has 2 N–H and O–H groups in total. The van der Waals surface area contributed by atoms with Crippen LogP contribution in [0.15, 0.2) is 139 Å². The second-order valence-corrected chi connectivity index (χ2v) is 20.1. The molecule has 0 unspecified atom stereocenters. The summed E-state index contributed by atoms with van der Waals surface area (Å²) in [5, 5.41) is 22.2. The van der Waals surface area contributed by atoms with Crippen LogP contribution >= 0.6 is 39.1 Å². The number of likely N-dealkylation sites (tertiary alicyclic amines) is 2. The van der Waals surface area contributed by atoms with Crippen LogP contribution in [0.4, 0.5) is 21.0 Å². The second kappa shape index (κ2) is 21.6. The molecule has 12 rings (SSSR count). The highest BCUT2D eigenvalue weighted by Crippen LogP contribution is 2.50. The fourth-order valence-electron chi connectivity index (χ4n) is 10.5. The highest BCUT2D eigenvalue weighted by Gasteiger charge is 2.60. The van der Waals surface area contributed by atoms with Gasteiger partial charge in [-0.25, -0.2) is 9.59 Å². The summed E-state index contributed by atoms with van der Waals surface area (Å²) in [4.78, 5) is 84.1. The first kappa shape index (κ1) is 51.9. The number of anilines is 2. The molecule has 2 spiro atoms. The van der Waals surface area contributed by atoms with Crippen LogP contribution in [0.3, 0.4) is 0 Å². The molecule has 0 atom stereocenters. The standard InChI is InChI=1S/C26H20ClN5O3.C23H20BrClN4O3.C5H6BNO2/c1-35-25(34)31-14-26(15-31)20-6-9-29-12-22(20)32(24(26)33)13-21-23(16-4-7-28-8-5-16)19-3-2-18(27)10-17(19)11-30-21;1-32-22(31)28-8-5-23(6-9-28)17-4-7-26-12-19(17)29(21(23)30)13-18-20(24)16-3-2-15(25)10-14(16)11-27-18;8-6(9)5-1-3-7-4-2-5/h2-12H,13-15H2,1H3;2-4,7,10-12H,5-6,8-9,13H2,1H3;1-4,8-9H. The Balaban J connectivity index is 0.000000149. The number of pyridine rings is 6. The van der Waals surface area contributed by atoms with Crippen LogP contribution in [0.1, 0.15) is 35.4 Å². The monoisotopic (exact) mass is 1120 g/mol. The number of benzene rings is 2. The van der Waals surface area contributed by atoms with E-state index in [1.54, 1.807) is 76.4 Å². The van der Waals surface area contributed by atoms with Crippen LogP contribution in [-0.2, 0) is 43.0 Å². The molecular formula is C54H46BBrCl2N10O8. The Morgan fingerprint density at radius 2 is 1.12 bits per heavy atom. The van der Waals surface area contributed by atoms with Crippen molar-refractivity contribution in [2.24, 2.45) is 0 Å². The minimum Gasteiger partial charge on any atom is -0.453 e. The molecule has 6 aromatic heterocycles. The number of fused-ring (bicyclic) bond motifs is 6. The number of nitrogens with zero attached hydrogens (tertiary/aromatic N) is 10. The number of rotatable bonds is 6. The Morgan fingerprint density at radius 3 is 1.68 bits per heavy atom. The molecule has 0 radical (unpaired) electrons. The van der Waals surface area contributed by atoms with E-state index in [4.69, 9.17) is 47.7 Å². The minimum atomic E-state index is -1.38. The Kier molecular flexibility index (Phi) is 14.7. The van der Waals surface area contributed by atoms with Crippen molar-refractivity contribution < 1.29 is 38.7 Å². The van der Waals surface area contributed by atoms with Gasteiger partial charge >= 0.3 is 19.3 Å². The topological polar surface area (TPSA) is 217 Å². The molecule has 4 aliphatic heterocycles. The smallest absolute Gasteiger partial charge is 0.453 e. The molecular weight excluding hydrogens is 1080 g/mol. The minimum absolute atomic E-state index is 0.0231. The van der Waals surface area contributed by atoms with Crippen molar-refractivity contribution in [2.75, 3.05) is 50.2 Å². The zero-order valence-electron chi connectivity index (χ0n) is 40.9. The summed E-state index contributed by atoms with van der Waals surface area (Å²) in [7, 11) is 1.33. The van der Waals surface area contributed by atoms with Gasteiger partial charge in [0.15, 0.2) is 0 Å². The van der Waals surface area contributed by atoms with E-state index in [0.29, 0.717) is 48.0 Å². The number of ether oxygens (including phenoxy) is 2. The SMILES string of the molecule is COC(=O)N1CC2(C1)C(=O)N(Cc1ncc3cc(Cl)ccc3c1-c1ccncc1)c1cnccc12.COC(=O)N1CCC2(CC1)C(=O)N(Cc1ncc3cc(Cl)ccc3c1Br)c1cnccc12.OB(O)c1ccncc1. The number of amides is 4. The summed E-state index contributed by atoms with van der Waals surface area (Å²) < 4.78 is 10.5. The number of hydrogen-bond donors (Lipinski definition) is 2. The van der Waals surface area contributed by atoms with Crippen molar-refractivity contribution in [1.29, 1.82) is 0 Å². The van der Waals surface area contributed by atoms with Crippen molar-refractivity contribution in [3.63, 3.8) is 0 Å². The fraction of sp³-hybridized carbons (Fsp3) is 0.222. The first-order valence-electron chi connectivity index (χ1n) is 23.9. The maximum atomic E-state index is 13.8. The highest BCUT2D eigenvalue weighted by molar-refractivity contribution is 9.10. The van der Waals surface area contributed by atoms with Crippen LogP contribution in [0, 0.1) is 0 Å². The molecule has 0 bridgehead atoms. The molecule has 8 aromatic rings. The van der Waals surface area contributed by atoms with E-state index in [1.807, 2.05) is 60.7 Å². The lowest BCUT2D eigenvalue weighted by atomic mass is 9.74. The molecule has 18 nitrogen and oxygen atoms in total. The normalized spacial score (nSPS) is 15.6. The van der Waals surface area contributed by atoms with Gasteiger partial charge in [0, 0.05) is 107 Å². The molecule has 2 saturated heterocycles. The van der Waals surface area contributed by atoms with Gasteiger partial charge in [0.25, 0.3) is 0 Å². The maximum Gasteiger partial charge on any atom is 0.488 e. The van der Waals surface area contributed by atoms with Crippen molar-refractivity contribution in [1.82, 2.24) is 39.7 Å². The molecule has 0 aliphatic carbocycles. The van der Waals surface area contributed by atoms with Crippen molar-refractivity contribution in [3.8, 4) is 11.1 Å². The van der Waals surface area contributed by atoms with Gasteiger partial charge in [0.05, 0.1) is 67.9 Å². The van der Waals surface area contributed by atoms with Crippen LogP contribution in [0.5, 0.6) is 0 Å². The molecule has 22 heteroatoms. The summed E-state index contributed by atoms with van der Waals surface area (Å²) in [5.74, 6) is -0.0470. The molecule has 2 aromatic carbocycles. The number of carbonyl (C=O) groups is 4. The molecule has 384 valence electrons. The second-order valence-electron chi connectivity index (χ2n) is 18.5. The summed E-state index contributed by atoms with van der Waals surface area (Å²) in [6.45, 7) is 2.05. The number of carbonyl (C=O) groups excluding carboxylic acids is 4. The molecule has 10 heterocycles. The lowest BCUT2D eigenvalue weighted by Crippen LogP contribution is -2.65. The third kappa shape index (κ3) is 9.55. The van der Waals surface area contributed by atoms with Gasteiger partial charge in [-0.05, 0) is 122 Å². The number of hydrogen-bond acceptors (Lipinski definition) is 14. The number of aromatic nitrogens is 6. The van der Waals surface area contributed by atoms with Crippen LogP contribution in [-0.4, -0.2) is 121 Å². The molecule has 76 heavy (non-hydrogen) atoms. The highest BCUT2D eigenvalue weighted by atomic mass is 79.9. The number of methoxy groups -OCH3 is 2. The predicted molar refractivity (Wildman–Crippen MR) is 290 cm³/mol. The van der Waals surface area contributed by atoms with Gasteiger partial charge in [-0.2, -0.15) is 0 Å². The first-order chi connectivity index (χ1) is 36.8. The molecule has 4 amide bonds. The molecule has 2 fully saturated rings. The Labute approximate surface area is 454 Å². The number of halogens is 3. The Morgan fingerprint density at radius 1 is 0.632 bits per heavy atom. The van der Waals surface area contributed by atoms with Gasteiger partial charge in [-0.15, -0.1) is 0 Å². The third-order valence-corrected chi connectivity index (χ3v) is 15.7. The number of piperidine rings is 1. The zero-order chi connectivity index (χ0) is 53.3. The summed E-state index contributed by atoms with van der Waals surface area (Å²) in [6.07, 6.45) is 17.2. The van der Waals surface area contributed by atoms with E-state index >= 15 is 0 Å². The first-order valence-corrected chi connectivity index (χ1v) is 25.5. The summed E-state index contributed by atoms with van der Waals surface area (Å²) in [5.41, 5.74) is 5.74. The van der Waals surface area contributed by atoms with Crippen molar-refractivity contribution in [3.05, 3.63) is 172 Å².